The maximum absolute atomic E-state index is 11.9. The summed E-state index contributed by atoms with van der Waals surface area (Å²) in [4.78, 5) is 14.4. The minimum absolute atomic E-state index is 0.00524. The summed E-state index contributed by atoms with van der Waals surface area (Å²) in [7, 11) is 0. The van der Waals surface area contributed by atoms with Crippen LogP contribution in [0.3, 0.4) is 0 Å². The molecule has 1 saturated carbocycles. The van der Waals surface area contributed by atoms with Gasteiger partial charge in [0.1, 0.15) is 0 Å². The molecule has 1 atom stereocenters. The number of carbonyl (C=O) groups excluding carboxylic acids is 1. The summed E-state index contributed by atoms with van der Waals surface area (Å²) in [6.45, 7) is 9.39. The van der Waals surface area contributed by atoms with Crippen molar-refractivity contribution in [2.45, 2.75) is 77.3 Å². The minimum Gasteiger partial charge on any atom is -0.338 e. The number of nitrogens with zero attached hydrogens (tertiary/aromatic N) is 1. The number of nitrogens with one attached hydrogen (secondary N) is 3. The molecule has 1 aliphatic heterocycles. The second-order valence-corrected chi connectivity index (χ2v) is 7.88. The summed E-state index contributed by atoms with van der Waals surface area (Å²) in [5, 5.41) is 9.66. The van der Waals surface area contributed by atoms with E-state index in [1.54, 1.807) is 0 Å². The molecule has 2 amide bonds. The Balaban J connectivity index is 1.47. The van der Waals surface area contributed by atoms with Gasteiger partial charge in [0.05, 0.1) is 0 Å². The predicted molar refractivity (Wildman–Crippen MR) is 100 cm³/mol. The number of urea groups is 1. The Bertz CT molecular complexity index is 355. The third kappa shape index (κ3) is 7.39. The van der Waals surface area contributed by atoms with Gasteiger partial charge in [-0.2, -0.15) is 0 Å². The molecule has 3 N–H and O–H groups in total. The molecule has 0 radical (unpaired) electrons. The van der Waals surface area contributed by atoms with Crippen LogP contribution < -0.4 is 16.0 Å². The zero-order chi connectivity index (χ0) is 17.2. The molecule has 24 heavy (non-hydrogen) atoms. The van der Waals surface area contributed by atoms with Gasteiger partial charge in [0.2, 0.25) is 0 Å². The van der Waals surface area contributed by atoms with Crippen LogP contribution in [0.25, 0.3) is 0 Å². The topological polar surface area (TPSA) is 56.4 Å². The average Bonchev–Trinajstić information content (AvgIpc) is 2.61. The zero-order valence-electron chi connectivity index (χ0n) is 15.8. The summed E-state index contributed by atoms with van der Waals surface area (Å²) in [5.74, 6) is 0.597. The molecule has 1 unspecified atom stereocenters. The molecule has 2 aliphatic rings. The lowest BCUT2D eigenvalue weighted by molar-refractivity contribution is 0.139. The first-order valence-electron chi connectivity index (χ1n) is 10.1. The van der Waals surface area contributed by atoms with Gasteiger partial charge in [0, 0.05) is 31.7 Å². The van der Waals surface area contributed by atoms with Gasteiger partial charge in [-0.05, 0) is 65.0 Å². The lowest BCUT2D eigenvalue weighted by atomic mass is 9.95. The van der Waals surface area contributed by atoms with Crippen molar-refractivity contribution >= 4 is 6.03 Å². The van der Waals surface area contributed by atoms with Crippen LogP contribution in [0, 0.1) is 5.92 Å². The van der Waals surface area contributed by atoms with Gasteiger partial charge < -0.3 is 20.9 Å². The fourth-order valence-corrected chi connectivity index (χ4v) is 3.94. The molecule has 5 nitrogen and oxygen atoms in total. The van der Waals surface area contributed by atoms with Crippen molar-refractivity contribution in [3.8, 4) is 0 Å². The number of rotatable bonds is 8. The summed E-state index contributed by atoms with van der Waals surface area (Å²) in [6.07, 6.45) is 10.3. The highest BCUT2D eigenvalue weighted by Gasteiger charge is 2.21. The fourth-order valence-electron chi connectivity index (χ4n) is 3.94. The van der Waals surface area contributed by atoms with Gasteiger partial charge in [-0.3, -0.25) is 0 Å². The molecule has 2 fully saturated rings. The molecule has 0 spiro atoms. The van der Waals surface area contributed by atoms with Crippen LogP contribution in [0.2, 0.25) is 0 Å². The van der Waals surface area contributed by atoms with E-state index in [0.29, 0.717) is 18.0 Å². The predicted octanol–water partition coefficient (Wildman–Crippen LogP) is 2.72. The largest absolute Gasteiger partial charge is 0.338 e. The van der Waals surface area contributed by atoms with Gasteiger partial charge in [-0.15, -0.1) is 0 Å². The van der Waals surface area contributed by atoms with Crippen molar-refractivity contribution in [2.24, 2.45) is 5.92 Å². The highest BCUT2D eigenvalue weighted by Crippen LogP contribution is 2.18. The van der Waals surface area contributed by atoms with Crippen LogP contribution in [-0.2, 0) is 0 Å². The SMILES string of the molecule is CC(C)N1CCCC(CNC(=O)NCCCNC2CCCCC2)C1. The molecule has 140 valence electrons. The highest BCUT2D eigenvalue weighted by atomic mass is 16.2. The summed E-state index contributed by atoms with van der Waals surface area (Å²) in [6, 6.07) is 1.32. The fraction of sp³-hybridized carbons (Fsp3) is 0.947. The van der Waals surface area contributed by atoms with Gasteiger partial charge >= 0.3 is 6.03 Å². The van der Waals surface area contributed by atoms with Crippen molar-refractivity contribution in [3.05, 3.63) is 0 Å². The number of hydrogen-bond acceptors (Lipinski definition) is 3. The number of hydrogen-bond donors (Lipinski definition) is 3. The molecule has 1 heterocycles. The van der Waals surface area contributed by atoms with Crippen molar-refractivity contribution < 1.29 is 4.79 Å². The van der Waals surface area contributed by atoms with Gasteiger partial charge in [0.25, 0.3) is 0 Å². The Morgan fingerprint density at radius 3 is 2.58 bits per heavy atom. The van der Waals surface area contributed by atoms with E-state index in [0.717, 1.165) is 32.6 Å². The molecular weight excluding hydrogens is 300 g/mol. The number of likely N-dealkylation sites (tertiary alicyclic amines) is 1. The first-order valence-corrected chi connectivity index (χ1v) is 10.1. The second kappa shape index (κ2) is 10.9. The number of amides is 2. The molecule has 0 aromatic carbocycles. The van der Waals surface area contributed by atoms with Crippen molar-refractivity contribution in [1.29, 1.82) is 0 Å². The van der Waals surface area contributed by atoms with E-state index >= 15 is 0 Å². The van der Waals surface area contributed by atoms with Gasteiger partial charge in [0.15, 0.2) is 0 Å². The lowest BCUT2D eigenvalue weighted by Gasteiger charge is -2.35. The number of carbonyl (C=O) groups is 1. The number of piperidine rings is 1. The van der Waals surface area contributed by atoms with E-state index in [9.17, 15) is 4.79 Å². The van der Waals surface area contributed by atoms with E-state index in [-0.39, 0.29) is 6.03 Å². The van der Waals surface area contributed by atoms with Gasteiger partial charge in [-0.25, -0.2) is 4.79 Å². The Morgan fingerprint density at radius 1 is 1.04 bits per heavy atom. The van der Waals surface area contributed by atoms with E-state index in [1.807, 2.05) is 0 Å². The molecule has 1 aliphatic carbocycles. The van der Waals surface area contributed by atoms with E-state index in [1.165, 1.54) is 51.5 Å². The standard InChI is InChI=1S/C19H38N4O/c1-16(2)23-13-6-8-17(15-23)14-22-19(24)21-12-7-11-20-18-9-4-3-5-10-18/h16-18,20H,3-15H2,1-2H3,(H2,21,22,24). The summed E-state index contributed by atoms with van der Waals surface area (Å²) < 4.78 is 0. The molecule has 0 bridgehead atoms. The molecule has 1 saturated heterocycles. The Kier molecular flexibility index (Phi) is 8.89. The smallest absolute Gasteiger partial charge is 0.314 e. The molecule has 0 aromatic rings. The monoisotopic (exact) mass is 338 g/mol. The summed E-state index contributed by atoms with van der Waals surface area (Å²) in [5.41, 5.74) is 0. The first kappa shape index (κ1) is 19.5. The van der Waals surface area contributed by atoms with Crippen LogP contribution in [-0.4, -0.2) is 55.7 Å². The van der Waals surface area contributed by atoms with Crippen LogP contribution in [0.4, 0.5) is 4.79 Å². The highest BCUT2D eigenvalue weighted by molar-refractivity contribution is 5.73. The quantitative estimate of drug-likeness (QED) is 0.597. The Hall–Kier alpha value is -0.810. The normalized spacial score (nSPS) is 23.4. The summed E-state index contributed by atoms with van der Waals surface area (Å²) >= 11 is 0. The molecule has 0 aromatic heterocycles. The van der Waals surface area contributed by atoms with Crippen LogP contribution >= 0.6 is 0 Å². The first-order chi connectivity index (χ1) is 11.6. The molecular formula is C19H38N4O. The maximum atomic E-state index is 11.9. The van der Waals surface area contributed by atoms with Crippen LogP contribution in [0.15, 0.2) is 0 Å². The maximum Gasteiger partial charge on any atom is 0.314 e. The van der Waals surface area contributed by atoms with E-state index in [4.69, 9.17) is 0 Å². The third-order valence-electron chi connectivity index (χ3n) is 5.51. The van der Waals surface area contributed by atoms with E-state index < -0.39 is 0 Å². The van der Waals surface area contributed by atoms with Crippen LogP contribution in [0.5, 0.6) is 0 Å². The van der Waals surface area contributed by atoms with E-state index in [2.05, 4.69) is 34.7 Å². The van der Waals surface area contributed by atoms with Crippen molar-refractivity contribution in [3.63, 3.8) is 0 Å². The van der Waals surface area contributed by atoms with Crippen molar-refractivity contribution in [1.82, 2.24) is 20.9 Å². The molecule has 5 heteroatoms. The Morgan fingerprint density at radius 2 is 1.83 bits per heavy atom. The molecule has 2 rings (SSSR count). The lowest BCUT2D eigenvalue weighted by Crippen LogP contribution is -2.45. The minimum atomic E-state index is -0.00524. The second-order valence-electron chi connectivity index (χ2n) is 7.88. The van der Waals surface area contributed by atoms with Crippen molar-refractivity contribution in [2.75, 3.05) is 32.7 Å². The Labute approximate surface area is 148 Å². The third-order valence-corrected chi connectivity index (χ3v) is 5.51. The van der Waals surface area contributed by atoms with Gasteiger partial charge in [-0.1, -0.05) is 19.3 Å². The van der Waals surface area contributed by atoms with Crippen LogP contribution in [0.1, 0.15) is 65.2 Å². The zero-order valence-corrected chi connectivity index (χ0v) is 15.8. The average molecular weight is 339 g/mol.